The number of aromatic nitrogens is 1. The first-order valence-electron chi connectivity index (χ1n) is 7.70. The summed E-state index contributed by atoms with van der Waals surface area (Å²) in [5.41, 5.74) is 0.866. The van der Waals surface area contributed by atoms with Gasteiger partial charge in [-0.05, 0) is 57.4 Å². The van der Waals surface area contributed by atoms with Gasteiger partial charge < -0.3 is 9.84 Å². The Balaban J connectivity index is 2.65. The van der Waals surface area contributed by atoms with Gasteiger partial charge in [0.15, 0.2) is 4.67 Å². The fraction of sp³-hybridized carbons (Fsp3) is 0.353. The molecule has 2 rings (SSSR count). The van der Waals surface area contributed by atoms with Gasteiger partial charge in [-0.1, -0.05) is 11.6 Å². The van der Waals surface area contributed by atoms with Gasteiger partial charge in [0.1, 0.15) is 11.4 Å². The lowest BCUT2D eigenvalue weighted by molar-refractivity contribution is 0.0996. The molecule has 0 aliphatic carbocycles. The summed E-state index contributed by atoms with van der Waals surface area (Å²) >= 11 is 7.17. The van der Waals surface area contributed by atoms with Gasteiger partial charge in [0.2, 0.25) is 0 Å². The molecule has 26 heavy (non-hydrogen) atoms. The van der Waals surface area contributed by atoms with Crippen LogP contribution in [-0.2, 0) is 5.54 Å². The topological polar surface area (TPSA) is 92.9 Å². The van der Waals surface area contributed by atoms with E-state index in [1.807, 2.05) is 24.7 Å². The summed E-state index contributed by atoms with van der Waals surface area (Å²) in [7, 11) is 1.44. The van der Waals surface area contributed by atoms with Crippen molar-refractivity contribution in [3.63, 3.8) is 0 Å². The molecule has 1 heterocycles. The predicted octanol–water partition coefficient (Wildman–Crippen LogP) is 4.11. The summed E-state index contributed by atoms with van der Waals surface area (Å²) in [5, 5.41) is 11.8. The molecule has 1 aromatic heterocycles. The number of rotatable bonds is 3. The second kappa shape index (κ2) is 7.51. The summed E-state index contributed by atoms with van der Waals surface area (Å²) in [6.07, 6.45) is -1.23. The lowest BCUT2D eigenvalue weighted by Gasteiger charge is -2.21. The number of nitrogens with zero attached hydrogens (tertiary/aromatic N) is 2. The van der Waals surface area contributed by atoms with Crippen LogP contribution < -0.4 is 14.7 Å². The molecule has 2 N–H and O–H groups in total. The van der Waals surface area contributed by atoms with Gasteiger partial charge in [0.05, 0.1) is 18.4 Å². The van der Waals surface area contributed by atoms with Crippen molar-refractivity contribution in [1.82, 2.24) is 3.96 Å². The van der Waals surface area contributed by atoms with Crippen molar-refractivity contribution in [2.24, 2.45) is 4.99 Å². The van der Waals surface area contributed by atoms with Crippen molar-refractivity contribution >= 4 is 40.8 Å². The summed E-state index contributed by atoms with van der Waals surface area (Å²) < 4.78 is 7.36. The molecule has 1 aromatic carbocycles. The van der Waals surface area contributed by atoms with Crippen molar-refractivity contribution < 1.29 is 19.4 Å². The van der Waals surface area contributed by atoms with Gasteiger partial charge in [0.25, 0.3) is 5.91 Å². The average Bonchev–Trinajstić information content (AvgIpc) is 2.83. The number of ether oxygens (including phenoxy) is 1. The third kappa shape index (κ3) is 4.25. The molecule has 140 valence electrons. The molecular formula is C17H20ClN3O4S. The largest absolute Gasteiger partial charge is 0.496 e. The Morgan fingerprint density at radius 2 is 2.00 bits per heavy atom. The van der Waals surface area contributed by atoms with Gasteiger partial charge in [-0.15, -0.1) is 0 Å². The van der Waals surface area contributed by atoms with Crippen LogP contribution >= 0.6 is 23.1 Å². The van der Waals surface area contributed by atoms with E-state index in [1.165, 1.54) is 24.7 Å². The van der Waals surface area contributed by atoms with E-state index in [1.54, 1.807) is 19.1 Å². The average molecular weight is 398 g/mol. The zero-order valence-corrected chi connectivity index (χ0v) is 16.7. The summed E-state index contributed by atoms with van der Waals surface area (Å²) in [6.45, 7) is 7.71. The van der Waals surface area contributed by atoms with E-state index < -0.39 is 12.0 Å². The monoisotopic (exact) mass is 397 g/mol. The Labute approximate surface area is 160 Å². The van der Waals surface area contributed by atoms with Crippen molar-refractivity contribution in [3.05, 3.63) is 39.2 Å². The highest BCUT2D eigenvalue weighted by Crippen LogP contribution is 2.26. The Morgan fingerprint density at radius 3 is 2.54 bits per heavy atom. The fourth-order valence-electron chi connectivity index (χ4n) is 2.42. The molecule has 0 aliphatic heterocycles. The van der Waals surface area contributed by atoms with E-state index in [2.05, 4.69) is 10.3 Å². The van der Waals surface area contributed by atoms with Crippen molar-refractivity contribution in [1.29, 1.82) is 0 Å². The molecule has 0 unspecified atom stereocenters. The molecular weight excluding hydrogens is 378 g/mol. The molecule has 2 aromatic rings. The predicted molar refractivity (Wildman–Crippen MR) is 102 cm³/mol. The highest BCUT2D eigenvalue weighted by molar-refractivity contribution is 7.04. The number of benzene rings is 1. The lowest BCUT2D eigenvalue weighted by Crippen LogP contribution is -2.21. The van der Waals surface area contributed by atoms with Crippen LogP contribution in [0.3, 0.4) is 0 Å². The lowest BCUT2D eigenvalue weighted by atomic mass is 10.1. The van der Waals surface area contributed by atoms with Gasteiger partial charge in [-0.2, -0.15) is 4.99 Å². The third-order valence-electron chi connectivity index (χ3n) is 3.49. The van der Waals surface area contributed by atoms with E-state index in [-0.39, 0.29) is 21.5 Å². The molecule has 2 amide bonds. The van der Waals surface area contributed by atoms with Crippen LogP contribution in [0.5, 0.6) is 5.75 Å². The molecule has 7 nitrogen and oxygen atoms in total. The number of amides is 2. The minimum atomic E-state index is -1.23. The minimum Gasteiger partial charge on any atom is -0.496 e. The van der Waals surface area contributed by atoms with Crippen LogP contribution in [0, 0.1) is 6.92 Å². The highest BCUT2D eigenvalue weighted by Gasteiger charge is 2.22. The standard InChI is InChI=1S/C17H20ClN3O4S/c1-9-13(19-16(23)24)15(26-21(9)17(2,3)4)20-14(22)11-8-10(18)6-7-12(11)25-5/h6-8,19H,1-5H3,(H,23,24). The Kier molecular flexibility index (Phi) is 5.77. The summed E-state index contributed by atoms with van der Waals surface area (Å²) in [6, 6.07) is 4.66. The van der Waals surface area contributed by atoms with Gasteiger partial charge in [0, 0.05) is 10.6 Å². The van der Waals surface area contributed by atoms with Crippen molar-refractivity contribution in [2.45, 2.75) is 33.2 Å². The molecule has 0 spiro atoms. The number of methoxy groups -OCH3 is 1. The molecule has 9 heteroatoms. The van der Waals surface area contributed by atoms with Gasteiger partial charge in [-0.3, -0.25) is 14.1 Å². The number of nitrogens with one attached hydrogen (secondary N) is 1. The maximum Gasteiger partial charge on any atom is 0.409 e. The normalized spacial score (nSPS) is 12.2. The first-order valence-corrected chi connectivity index (χ1v) is 8.85. The van der Waals surface area contributed by atoms with Crippen LogP contribution in [0.4, 0.5) is 10.5 Å². The third-order valence-corrected chi connectivity index (χ3v) is 5.20. The molecule has 0 radical (unpaired) electrons. The molecule has 0 saturated heterocycles. The van der Waals surface area contributed by atoms with Crippen LogP contribution in [0.25, 0.3) is 0 Å². The Morgan fingerprint density at radius 1 is 1.35 bits per heavy atom. The second-order valence-corrected chi connectivity index (χ2v) is 7.88. The first-order chi connectivity index (χ1) is 12.0. The first kappa shape index (κ1) is 20.0. The van der Waals surface area contributed by atoms with E-state index in [4.69, 9.17) is 21.4 Å². The molecule has 0 aliphatic rings. The van der Waals surface area contributed by atoms with Crippen LogP contribution in [0.1, 0.15) is 36.8 Å². The smallest absolute Gasteiger partial charge is 0.409 e. The zero-order chi connectivity index (χ0) is 19.6. The van der Waals surface area contributed by atoms with E-state index >= 15 is 0 Å². The van der Waals surface area contributed by atoms with E-state index in [0.29, 0.717) is 16.5 Å². The number of hydrogen-bond acceptors (Lipinski definition) is 4. The highest BCUT2D eigenvalue weighted by atomic mass is 35.5. The Hall–Kier alpha value is -2.32. The summed E-state index contributed by atoms with van der Waals surface area (Å²) in [5.74, 6) is -0.229. The number of carbonyl (C=O) groups excluding carboxylic acids is 1. The molecule has 0 saturated carbocycles. The second-order valence-electron chi connectivity index (χ2n) is 6.51. The number of hydrogen-bond donors (Lipinski definition) is 2. The SMILES string of the molecule is COc1ccc(Cl)cc1C(=O)N=c1sn(C(C)(C)C)c(C)c1NC(=O)O. The summed E-state index contributed by atoms with van der Waals surface area (Å²) in [4.78, 5) is 27.9. The van der Waals surface area contributed by atoms with E-state index in [0.717, 1.165) is 0 Å². The zero-order valence-electron chi connectivity index (χ0n) is 15.1. The molecule has 0 bridgehead atoms. The number of anilines is 1. The van der Waals surface area contributed by atoms with Crippen molar-refractivity contribution in [2.75, 3.05) is 12.4 Å². The van der Waals surface area contributed by atoms with Crippen molar-refractivity contribution in [3.8, 4) is 5.75 Å². The van der Waals surface area contributed by atoms with Crippen LogP contribution in [0.15, 0.2) is 23.2 Å². The van der Waals surface area contributed by atoms with Gasteiger partial charge in [-0.25, -0.2) is 4.79 Å². The molecule has 0 atom stereocenters. The fourth-order valence-corrected chi connectivity index (χ4v) is 3.68. The van der Waals surface area contributed by atoms with Crippen LogP contribution in [-0.4, -0.2) is 28.2 Å². The maximum absolute atomic E-state index is 12.7. The molecule has 0 fully saturated rings. The van der Waals surface area contributed by atoms with Gasteiger partial charge >= 0.3 is 6.09 Å². The minimum absolute atomic E-state index is 0.203. The number of carbonyl (C=O) groups is 2. The number of carboxylic acid groups (broad SMARTS) is 1. The number of halogens is 1. The quantitative estimate of drug-likeness (QED) is 0.815. The van der Waals surface area contributed by atoms with E-state index in [9.17, 15) is 9.59 Å². The van der Waals surface area contributed by atoms with Crippen LogP contribution in [0.2, 0.25) is 5.02 Å². The maximum atomic E-state index is 12.7. The Bertz CT molecular complexity index is 925.